The topological polar surface area (TPSA) is 12.0 Å². The molecule has 0 fully saturated rings. The molecule has 1 atom stereocenters. The van der Waals surface area contributed by atoms with E-state index in [9.17, 15) is 8.78 Å². The number of hydrogen-bond donors (Lipinski definition) is 1. The zero-order valence-electron chi connectivity index (χ0n) is 10.8. The van der Waals surface area contributed by atoms with E-state index in [0.29, 0.717) is 11.4 Å². The predicted molar refractivity (Wildman–Crippen MR) is 81.0 cm³/mol. The van der Waals surface area contributed by atoms with Gasteiger partial charge in [-0.05, 0) is 53.2 Å². The molecule has 2 aromatic carbocycles. The zero-order valence-corrected chi connectivity index (χ0v) is 13.1. The Morgan fingerprint density at radius 2 is 1.90 bits per heavy atom. The SMILES string of the molecule is CNC(Cc1ccccc1Cl)c1c(F)ccc(Br)c1F. The largest absolute Gasteiger partial charge is 0.313 e. The summed E-state index contributed by atoms with van der Waals surface area (Å²) in [7, 11) is 1.67. The second kappa shape index (κ2) is 6.66. The molecule has 1 nitrogen and oxygen atoms in total. The third-order valence-corrected chi connectivity index (χ3v) is 4.14. The van der Waals surface area contributed by atoms with Gasteiger partial charge in [0.1, 0.15) is 11.6 Å². The fraction of sp³-hybridized carbons (Fsp3) is 0.200. The summed E-state index contributed by atoms with van der Waals surface area (Å²) in [5, 5.41) is 3.53. The number of benzene rings is 2. The van der Waals surface area contributed by atoms with Crippen molar-refractivity contribution in [1.82, 2.24) is 5.32 Å². The van der Waals surface area contributed by atoms with Crippen molar-refractivity contribution in [3.05, 3.63) is 68.7 Å². The minimum absolute atomic E-state index is 0.0156. The first-order valence-corrected chi connectivity index (χ1v) is 7.25. The maximum Gasteiger partial charge on any atom is 0.145 e. The maximum absolute atomic E-state index is 14.1. The van der Waals surface area contributed by atoms with Crippen LogP contribution in [0.2, 0.25) is 5.02 Å². The highest BCUT2D eigenvalue weighted by Crippen LogP contribution is 2.30. The number of rotatable bonds is 4. The summed E-state index contributed by atoms with van der Waals surface area (Å²) in [4.78, 5) is 0. The van der Waals surface area contributed by atoms with Gasteiger partial charge in [-0.1, -0.05) is 29.8 Å². The van der Waals surface area contributed by atoms with E-state index in [2.05, 4.69) is 21.2 Å². The lowest BCUT2D eigenvalue weighted by molar-refractivity contribution is 0.487. The highest BCUT2D eigenvalue weighted by Gasteiger charge is 2.21. The molecule has 1 unspecified atom stereocenters. The fourth-order valence-electron chi connectivity index (χ4n) is 2.09. The van der Waals surface area contributed by atoms with Gasteiger partial charge in [0, 0.05) is 16.6 Å². The van der Waals surface area contributed by atoms with Crippen molar-refractivity contribution in [1.29, 1.82) is 0 Å². The quantitative estimate of drug-likeness (QED) is 0.766. The Bertz CT molecular complexity index is 619. The van der Waals surface area contributed by atoms with Gasteiger partial charge in [-0.2, -0.15) is 0 Å². The van der Waals surface area contributed by atoms with E-state index in [1.165, 1.54) is 12.1 Å². The van der Waals surface area contributed by atoms with Crippen molar-refractivity contribution in [2.24, 2.45) is 0 Å². The molecule has 106 valence electrons. The second-order valence-corrected chi connectivity index (χ2v) is 5.66. The van der Waals surface area contributed by atoms with Crippen LogP contribution >= 0.6 is 27.5 Å². The van der Waals surface area contributed by atoms with Crippen molar-refractivity contribution in [2.45, 2.75) is 12.5 Å². The summed E-state index contributed by atoms with van der Waals surface area (Å²) in [6.07, 6.45) is 0.403. The van der Waals surface area contributed by atoms with Crippen LogP contribution in [0.15, 0.2) is 40.9 Å². The number of halogens is 4. The van der Waals surface area contributed by atoms with Crippen molar-refractivity contribution >= 4 is 27.5 Å². The average molecular weight is 361 g/mol. The van der Waals surface area contributed by atoms with E-state index in [0.717, 1.165) is 5.56 Å². The Kier molecular flexibility index (Phi) is 5.13. The average Bonchev–Trinajstić information content (AvgIpc) is 2.44. The van der Waals surface area contributed by atoms with Crippen molar-refractivity contribution in [3.63, 3.8) is 0 Å². The van der Waals surface area contributed by atoms with E-state index in [1.807, 2.05) is 18.2 Å². The Balaban J connectivity index is 2.39. The summed E-state index contributed by atoms with van der Waals surface area (Å²) in [5.74, 6) is -1.16. The molecule has 20 heavy (non-hydrogen) atoms. The molecular formula is C15H13BrClF2N. The molecule has 0 amide bonds. The molecule has 0 saturated carbocycles. The van der Waals surface area contributed by atoms with Crippen LogP contribution in [0.4, 0.5) is 8.78 Å². The molecule has 2 rings (SSSR count). The summed E-state index contributed by atoms with van der Waals surface area (Å²) in [5.41, 5.74) is 0.856. The molecule has 0 aliphatic carbocycles. The fourth-order valence-corrected chi connectivity index (χ4v) is 2.65. The minimum Gasteiger partial charge on any atom is -0.313 e. The highest BCUT2D eigenvalue weighted by atomic mass is 79.9. The van der Waals surface area contributed by atoms with Crippen LogP contribution in [0.5, 0.6) is 0 Å². The smallest absolute Gasteiger partial charge is 0.145 e. The summed E-state index contributed by atoms with van der Waals surface area (Å²) >= 11 is 9.18. The molecule has 0 aliphatic rings. The molecule has 5 heteroatoms. The van der Waals surface area contributed by atoms with Gasteiger partial charge in [0.05, 0.1) is 4.47 Å². The lowest BCUT2D eigenvalue weighted by Crippen LogP contribution is -2.22. The lowest BCUT2D eigenvalue weighted by atomic mass is 9.98. The van der Waals surface area contributed by atoms with Gasteiger partial charge in [-0.15, -0.1) is 0 Å². The number of nitrogens with one attached hydrogen (secondary N) is 1. The van der Waals surface area contributed by atoms with E-state index in [1.54, 1.807) is 13.1 Å². The van der Waals surface area contributed by atoms with Crippen LogP contribution in [0.3, 0.4) is 0 Å². The van der Waals surface area contributed by atoms with E-state index < -0.39 is 17.7 Å². The van der Waals surface area contributed by atoms with Crippen LogP contribution in [0.1, 0.15) is 17.2 Å². The summed E-state index contributed by atoms with van der Waals surface area (Å²) in [6, 6.07) is 9.39. The van der Waals surface area contributed by atoms with Gasteiger partial charge in [0.25, 0.3) is 0 Å². The van der Waals surface area contributed by atoms with E-state index in [4.69, 9.17) is 11.6 Å². The molecule has 0 spiro atoms. The van der Waals surface area contributed by atoms with Gasteiger partial charge in [-0.25, -0.2) is 8.78 Å². The first kappa shape index (κ1) is 15.4. The Labute approximate surface area is 130 Å². The van der Waals surface area contributed by atoms with Crippen LogP contribution in [0, 0.1) is 11.6 Å². The highest BCUT2D eigenvalue weighted by molar-refractivity contribution is 9.10. The first-order valence-electron chi connectivity index (χ1n) is 6.08. The molecule has 0 aliphatic heterocycles. The Morgan fingerprint density at radius 1 is 1.20 bits per heavy atom. The lowest BCUT2D eigenvalue weighted by Gasteiger charge is -2.19. The minimum atomic E-state index is -0.587. The molecule has 1 N–H and O–H groups in total. The molecule has 0 heterocycles. The zero-order chi connectivity index (χ0) is 14.7. The summed E-state index contributed by atoms with van der Waals surface area (Å²) in [6.45, 7) is 0. The van der Waals surface area contributed by atoms with Crippen LogP contribution in [-0.2, 0) is 6.42 Å². The third-order valence-electron chi connectivity index (χ3n) is 3.16. The molecule has 0 aromatic heterocycles. The number of likely N-dealkylation sites (N-methyl/N-ethyl adjacent to an activating group) is 1. The van der Waals surface area contributed by atoms with Crippen molar-refractivity contribution in [3.8, 4) is 0 Å². The van der Waals surface area contributed by atoms with E-state index >= 15 is 0 Å². The van der Waals surface area contributed by atoms with E-state index in [-0.39, 0.29) is 10.0 Å². The van der Waals surface area contributed by atoms with Gasteiger partial charge < -0.3 is 5.32 Å². The Hall–Kier alpha value is -0.970. The Morgan fingerprint density at radius 3 is 2.55 bits per heavy atom. The molecular weight excluding hydrogens is 348 g/mol. The normalized spacial score (nSPS) is 12.4. The van der Waals surface area contributed by atoms with Gasteiger partial charge in [0.15, 0.2) is 0 Å². The van der Waals surface area contributed by atoms with Gasteiger partial charge in [-0.3, -0.25) is 0 Å². The predicted octanol–water partition coefficient (Wildman–Crippen LogP) is 4.88. The monoisotopic (exact) mass is 359 g/mol. The van der Waals surface area contributed by atoms with Crippen LogP contribution in [-0.4, -0.2) is 7.05 Å². The van der Waals surface area contributed by atoms with Crippen LogP contribution < -0.4 is 5.32 Å². The third kappa shape index (κ3) is 3.19. The second-order valence-electron chi connectivity index (χ2n) is 4.39. The molecule has 2 aromatic rings. The number of hydrogen-bond acceptors (Lipinski definition) is 1. The first-order chi connectivity index (χ1) is 9.54. The molecule has 0 radical (unpaired) electrons. The molecule has 0 bridgehead atoms. The maximum atomic E-state index is 14.1. The van der Waals surface area contributed by atoms with Gasteiger partial charge in [0.2, 0.25) is 0 Å². The molecule has 0 saturated heterocycles. The van der Waals surface area contributed by atoms with Crippen molar-refractivity contribution in [2.75, 3.05) is 7.05 Å². The van der Waals surface area contributed by atoms with Crippen LogP contribution in [0.25, 0.3) is 0 Å². The van der Waals surface area contributed by atoms with Crippen molar-refractivity contribution < 1.29 is 8.78 Å². The summed E-state index contributed by atoms with van der Waals surface area (Å²) < 4.78 is 28.3. The van der Waals surface area contributed by atoms with Gasteiger partial charge >= 0.3 is 0 Å². The standard InChI is InChI=1S/C15H13BrClF2N/c1-20-13(8-9-4-2-3-5-11(9)17)14-12(18)7-6-10(16)15(14)19/h2-7,13,20H,8H2,1H3.